The predicted molar refractivity (Wildman–Crippen MR) is 522 cm³/mol. The molecule has 33 heteroatoms. The standard InChI is InChI=1S/C23H31N3O4S.C22H28N4O3S.2C12H16N2OS.C11H18N2O.C10H14N2O3.C2H6O/c1-6-9-26(4)18-10-15(7-8-22(18)30-5)25-23(31)24-13-21(29)17-11-16(14(2)3)19(27)12-20(17)28;1-6-9-25(4)17-10-14(7-8-20(17)29-5)26-21(23-24-22(26)30)16-11-15(13(2)3)18(27)12-19(16)28;2*1-4-7-14(2)11-8-10(13-9-16)5-6-12(11)15-3;1-4-7-13(2)10-8-9(12)5-6-11(10)14-3;1-5(2)6-3-7(10(15)12-11)9(14)4-8(6)13;1-2-3/h7-8,10-12,14,27-28H,6,9,13H2,1-5H3,(H2,24,25,31);7-8,10-13,27-28H,6,9H2,1-5H3,(H,24,30);2*5-6,8H,4,7H2,1-3H3;5-6,8H,4,7,12H2,1-3H3;3-5,13-14H,11H2,1-2H3,(H,12,15);3H,2H2,1H3. The van der Waals surface area contributed by atoms with Crippen LogP contribution in [0.2, 0.25) is 0 Å². The largest absolute Gasteiger partial charge is 0.508 e. The van der Waals surface area contributed by atoms with Crippen molar-refractivity contribution < 1.29 is 69.0 Å². The molecule has 9 rings (SSSR count). The Morgan fingerprint density at radius 1 is 0.496 bits per heavy atom. The number of ketones is 1. The van der Waals surface area contributed by atoms with Crippen LogP contribution < -0.4 is 75.8 Å². The summed E-state index contributed by atoms with van der Waals surface area (Å²) in [5.41, 5.74) is 19.1. The molecule has 0 aliphatic rings. The molecular formula is C92H129N15O14S4. The van der Waals surface area contributed by atoms with Crippen LogP contribution in [0.1, 0.15) is 170 Å². The maximum absolute atomic E-state index is 12.6. The minimum atomic E-state index is -0.589. The van der Waals surface area contributed by atoms with E-state index in [0.29, 0.717) is 27.3 Å². The fraction of sp³-hybridized carbons (Fsp3) is 0.402. The van der Waals surface area contributed by atoms with Crippen molar-refractivity contribution in [2.75, 3.05) is 152 Å². The van der Waals surface area contributed by atoms with Crippen molar-refractivity contribution in [3.8, 4) is 80.3 Å². The van der Waals surface area contributed by atoms with Gasteiger partial charge in [0.05, 0.1) is 115 Å². The van der Waals surface area contributed by atoms with Gasteiger partial charge in [0, 0.05) is 104 Å². The molecular weight excluding hydrogens is 1670 g/mol. The van der Waals surface area contributed by atoms with Gasteiger partial charge in [-0.05, 0) is 232 Å². The molecule has 29 nitrogen and oxygen atoms in total. The number of nitrogen functional groups attached to an aromatic ring is 2. The van der Waals surface area contributed by atoms with E-state index in [1.165, 1.54) is 24.3 Å². The highest BCUT2D eigenvalue weighted by molar-refractivity contribution is 7.80. The maximum Gasteiger partial charge on any atom is 0.268 e. The maximum atomic E-state index is 12.6. The Labute approximate surface area is 758 Å². The first-order chi connectivity index (χ1) is 59.5. The highest BCUT2D eigenvalue weighted by Crippen LogP contribution is 2.41. The van der Waals surface area contributed by atoms with Gasteiger partial charge < -0.3 is 100 Å². The third-order valence-electron chi connectivity index (χ3n) is 18.9. The van der Waals surface area contributed by atoms with Gasteiger partial charge in [-0.25, -0.2) is 5.84 Å². The number of carbonyl (C=O) groups excluding carboxylic acids is 2. The zero-order valence-corrected chi connectivity index (χ0v) is 79.4. The average molecular weight is 1800 g/mol. The minimum Gasteiger partial charge on any atom is -0.508 e. The number of aromatic nitrogens is 3. The van der Waals surface area contributed by atoms with Crippen LogP contribution in [-0.2, 0) is 0 Å². The van der Waals surface area contributed by atoms with Gasteiger partial charge in [0.25, 0.3) is 5.91 Å². The number of hydrogen-bond acceptors (Lipinski definition) is 28. The van der Waals surface area contributed by atoms with Crippen molar-refractivity contribution >= 4 is 127 Å². The number of aliphatic hydroxyl groups excluding tert-OH is 1. The lowest BCUT2D eigenvalue weighted by atomic mass is 9.97. The number of phenols is 6. The summed E-state index contributed by atoms with van der Waals surface area (Å²) in [5.74, 6) is 8.12. The number of isothiocyanates is 2. The molecule has 8 aromatic carbocycles. The quantitative estimate of drug-likeness (QED) is 0.00354. The Balaban J connectivity index is 0.000000397. The van der Waals surface area contributed by atoms with Crippen LogP contribution in [0.15, 0.2) is 137 Å². The number of hydrogen-bond donors (Lipinski definition) is 13. The number of aromatic amines is 1. The number of H-pyrrole nitrogens is 1. The number of anilines is 7. The first-order valence-electron chi connectivity index (χ1n) is 40.9. The Kier molecular flexibility index (Phi) is 47.5. The number of aliphatic hydroxyl groups is 1. The highest BCUT2D eigenvalue weighted by Gasteiger charge is 2.23. The van der Waals surface area contributed by atoms with E-state index in [0.717, 1.165) is 162 Å². The van der Waals surface area contributed by atoms with Gasteiger partial charge >= 0.3 is 0 Å². The topological polar surface area (TPSA) is 385 Å². The number of methoxy groups -OCH3 is 5. The van der Waals surface area contributed by atoms with E-state index in [1.807, 2.05) is 173 Å². The Morgan fingerprint density at radius 2 is 0.848 bits per heavy atom. The van der Waals surface area contributed by atoms with E-state index in [-0.39, 0.29) is 87.4 Å². The molecule has 0 atom stereocenters. The van der Waals surface area contributed by atoms with Gasteiger partial charge in [0.1, 0.15) is 63.2 Å². The SMILES string of the molecule is CC(C)c1cc(C(=O)NN)c(O)cc1O.CCCN(C)c1cc(-n2c(-c3cc(C(C)C)c(O)cc3O)n[nH]c2=S)ccc1OC.CCCN(C)c1cc(N)ccc1OC.CCCN(C)c1cc(N=C=S)ccc1OC.CCCN(C)c1cc(N=C=S)ccc1OC.CCCN(C)c1cc(NC(=S)NCC(=O)c2cc(C(C)C)c(O)cc2O)ccc1OC.CCO. The summed E-state index contributed by atoms with van der Waals surface area (Å²) in [6, 6.07) is 36.9. The molecule has 125 heavy (non-hydrogen) atoms. The van der Waals surface area contributed by atoms with Gasteiger partial charge in [0.15, 0.2) is 21.5 Å². The molecule has 0 saturated heterocycles. The number of carbonyl (C=O) groups is 2. The van der Waals surface area contributed by atoms with Crippen LogP contribution in [0.25, 0.3) is 17.1 Å². The van der Waals surface area contributed by atoms with Crippen LogP contribution in [-0.4, -0.2) is 194 Å². The number of thiocarbonyl (C=S) groups is 3. The molecule has 9 aromatic rings. The molecule has 0 spiro atoms. The molecule has 0 aliphatic heterocycles. The number of Topliss-reactive ketones (excluding diaryl/α,β-unsaturated/α-hetero) is 1. The van der Waals surface area contributed by atoms with Crippen LogP contribution in [0.3, 0.4) is 0 Å². The summed E-state index contributed by atoms with van der Waals surface area (Å²) < 4.78 is 29.1. The molecule has 1 aromatic heterocycles. The molecule has 0 radical (unpaired) electrons. The zero-order valence-electron chi connectivity index (χ0n) is 76.1. The smallest absolute Gasteiger partial charge is 0.268 e. The van der Waals surface area contributed by atoms with Crippen LogP contribution in [0.4, 0.5) is 51.2 Å². The van der Waals surface area contributed by atoms with Gasteiger partial charge in [-0.3, -0.25) is 24.7 Å². The van der Waals surface area contributed by atoms with E-state index in [2.05, 4.69) is 125 Å². The summed E-state index contributed by atoms with van der Waals surface area (Å²) in [6.07, 6.45) is 5.27. The van der Waals surface area contributed by atoms with Crippen molar-refractivity contribution in [1.29, 1.82) is 0 Å². The van der Waals surface area contributed by atoms with Crippen LogP contribution >= 0.6 is 48.9 Å². The number of nitrogens with zero attached hydrogens (tertiary/aromatic N) is 9. The van der Waals surface area contributed by atoms with Crippen molar-refractivity contribution in [2.24, 2.45) is 15.8 Å². The third kappa shape index (κ3) is 32.6. The fourth-order valence-electron chi connectivity index (χ4n) is 12.6. The first kappa shape index (κ1) is 107. The average Bonchev–Trinajstić information content (AvgIpc) is 1.67. The molecule has 680 valence electrons. The summed E-state index contributed by atoms with van der Waals surface area (Å²) in [5, 5.41) is 85.4. The molecule has 15 N–H and O–H groups in total. The Bertz CT molecular complexity index is 5020. The number of nitrogens with two attached hydrogens (primary N) is 2. The highest BCUT2D eigenvalue weighted by atomic mass is 32.1. The Morgan fingerprint density at radius 3 is 1.24 bits per heavy atom. The van der Waals surface area contributed by atoms with Crippen molar-refractivity contribution in [2.45, 2.75) is 133 Å². The molecule has 1 amide bonds. The second-order valence-corrected chi connectivity index (χ2v) is 30.5. The van der Waals surface area contributed by atoms with Gasteiger partial charge in [-0.1, -0.05) is 76.2 Å². The number of nitrogens with one attached hydrogen (secondary N) is 4. The number of aromatic hydroxyl groups is 6. The van der Waals surface area contributed by atoms with Gasteiger partial charge in [-0.15, -0.1) is 0 Å². The molecule has 1 heterocycles. The third-order valence-corrected chi connectivity index (χ3v) is 19.6. The molecule has 0 saturated carbocycles. The van der Waals surface area contributed by atoms with Crippen LogP contribution in [0, 0.1) is 4.77 Å². The number of ether oxygens (including phenoxy) is 5. The number of rotatable bonds is 32. The second kappa shape index (κ2) is 55.3. The lowest BCUT2D eigenvalue weighted by Crippen LogP contribution is -2.33. The van der Waals surface area contributed by atoms with E-state index in [4.69, 9.17) is 64.8 Å². The number of benzene rings is 8. The normalized spacial score (nSPS) is 10.2. The lowest BCUT2D eigenvalue weighted by molar-refractivity contribution is 0.0949. The van der Waals surface area contributed by atoms with Gasteiger partial charge in [0.2, 0.25) is 0 Å². The fourth-order valence-corrected chi connectivity index (χ4v) is 13.3. The number of aliphatic imine (C=N–C) groups is 2. The molecule has 0 unspecified atom stereocenters. The zero-order chi connectivity index (χ0) is 93.9. The minimum absolute atomic E-state index is 0.0120. The molecule has 0 fully saturated rings. The van der Waals surface area contributed by atoms with Gasteiger partial charge in [-0.2, -0.15) is 15.1 Å². The van der Waals surface area contributed by atoms with Crippen molar-refractivity contribution in [1.82, 2.24) is 25.5 Å². The first-order valence-corrected chi connectivity index (χ1v) is 42.5. The molecule has 0 aliphatic carbocycles. The Hall–Kier alpha value is -11.9. The van der Waals surface area contributed by atoms with Crippen molar-refractivity contribution in [3.63, 3.8) is 0 Å². The predicted octanol–water partition coefficient (Wildman–Crippen LogP) is 18.7. The van der Waals surface area contributed by atoms with E-state index in [1.54, 1.807) is 53.1 Å². The summed E-state index contributed by atoms with van der Waals surface area (Å²) in [4.78, 5) is 42.4. The number of amides is 1. The second-order valence-electron chi connectivity index (χ2n) is 29.4. The number of phenolic OH excluding ortho intramolecular Hbond substituents is 6. The molecule has 0 bridgehead atoms. The van der Waals surface area contributed by atoms with E-state index < -0.39 is 5.91 Å². The van der Waals surface area contributed by atoms with E-state index >= 15 is 0 Å². The van der Waals surface area contributed by atoms with Crippen LogP contribution in [0.5, 0.6) is 63.2 Å². The summed E-state index contributed by atoms with van der Waals surface area (Å²) in [7, 11) is 18.4. The monoisotopic (exact) mass is 1800 g/mol. The summed E-state index contributed by atoms with van der Waals surface area (Å²) >= 11 is 20.0. The van der Waals surface area contributed by atoms with E-state index in [9.17, 15) is 40.2 Å². The van der Waals surface area contributed by atoms with Crippen molar-refractivity contribution in [3.05, 3.63) is 160 Å². The summed E-state index contributed by atoms with van der Waals surface area (Å²) in [6.45, 7) is 28.7. The lowest BCUT2D eigenvalue weighted by Gasteiger charge is -2.22. The number of hydrazine groups is 1.